The van der Waals surface area contributed by atoms with Crippen molar-refractivity contribution < 1.29 is 9.21 Å². The lowest BCUT2D eigenvalue weighted by atomic mass is 10.1. The van der Waals surface area contributed by atoms with Crippen LogP contribution in [0.1, 0.15) is 34.6 Å². The molecule has 1 aromatic carbocycles. The molecule has 0 fully saturated rings. The van der Waals surface area contributed by atoms with Crippen molar-refractivity contribution in [3.8, 4) is 0 Å². The summed E-state index contributed by atoms with van der Waals surface area (Å²) in [7, 11) is 0. The lowest BCUT2D eigenvalue weighted by molar-refractivity contribution is 0.0938. The van der Waals surface area contributed by atoms with Crippen LogP contribution in [-0.4, -0.2) is 5.91 Å². The highest BCUT2D eigenvalue weighted by molar-refractivity contribution is 6.30. The van der Waals surface area contributed by atoms with Gasteiger partial charge < -0.3 is 9.73 Å². The number of hydrogen-bond donors (Lipinski definition) is 1. The summed E-state index contributed by atoms with van der Waals surface area (Å²) >= 11 is 5.92. The van der Waals surface area contributed by atoms with Crippen molar-refractivity contribution in [3.63, 3.8) is 0 Å². The first kappa shape index (κ1) is 12.7. The molecule has 1 amide bonds. The first-order valence-corrected chi connectivity index (χ1v) is 6.06. The number of benzene rings is 1. The third-order valence-electron chi connectivity index (χ3n) is 2.80. The zero-order chi connectivity index (χ0) is 13.1. The van der Waals surface area contributed by atoms with E-state index in [9.17, 15) is 4.79 Å². The summed E-state index contributed by atoms with van der Waals surface area (Å²) in [6, 6.07) is 9.00. The lowest BCUT2D eigenvalue weighted by Gasteiger charge is -2.14. The van der Waals surface area contributed by atoms with Crippen LogP contribution in [0.3, 0.4) is 0 Å². The fourth-order valence-electron chi connectivity index (χ4n) is 1.75. The summed E-state index contributed by atoms with van der Waals surface area (Å²) in [6.07, 6.45) is 1.51. The number of rotatable bonds is 3. The minimum atomic E-state index is -0.145. The van der Waals surface area contributed by atoms with E-state index in [0.717, 1.165) is 5.56 Å². The highest BCUT2D eigenvalue weighted by atomic mass is 35.5. The van der Waals surface area contributed by atoms with Gasteiger partial charge in [0.05, 0.1) is 17.9 Å². The molecule has 1 heterocycles. The van der Waals surface area contributed by atoms with Crippen molar-refractivity contribution in [1.82, 2.24) is 5.32 Å². The van der Waals surface area contributed by atoms with Gasteiger partial charge in [-0.05, 0) is 37.6 Å². The van der Waals surface area contributed by atoms with Crippen molar-refractivity contribution in [2.45, 2.75) is 19.9 Å². The van der Waals surface area contributed by atoms with Crippen molar-refractivity contribution >= 4 is 17.5 Å². The number of aryl methyl sites for hydroxylation is 1. The highest BCUT2D eigenvalue weighted by Gasteiger charge is 2.14. The number of nitrogens with one attached hydrogen (secondary N) is 1. The molecule has 2 rings (SSSR count). The largest absolute Gasteiger partial charge is 0.469 e. The number of carbonyl (C=O) groups is 1. The third-order valence-corrected chi connectivity index (χ3v) is 3.03. The van der Waals surface area contributed by atoms with Crippen LogP contribution in [0.4, 0.5) is 0 Å². The summed E-state index contributed by atoms with van der Waals surface area (Å²) in [5, 5.41) is 3.57. The molecule has 2 aromatic rings. The Balaban J connectivity index is 2.10. The average molecular weight is 264 g/mol. The van der Waals surface area contributed by atoms with E-state index >= 15 is 0 Å². The van der Waals surface area contributed by atoms with Crippen LogP contribution in [0.2, 0.25) is 5.02 Å². The third kappa shape index (κ3) is 2.74. The molecular weight excluding hydrogens is 250 g/mol. The van der Waals surface area contributed by atoms with Gasteiger partial charge in [-0.3, -0.25) is 4.79 Å². The second-order valence-corrected chi connectivity index (χ2v) is 4.58. The van der Waals surface area contributed by atoms with Crippen molar-refractivity contribution in [3.05, 3.63) is 58.5 Å². The van der Waals surface area contributed by atoms with Crippen molar-refractivity contribution in [1.29, 1.82) is 0 Å². The van der Waals surface area contributed by atoms with Crippen LogP contribution >= 0.6 is 11.6 Å². The molecule has 0 radical (unpaired) electrons. The van der Waals surface area contributed by atoms with E-state index in [1.54, 1.807) is 19.1 Å². The molecule has 4 heteroatoms. The second kappa shape index (κ2) is 5.27. The summed E-state index contributed by atoms with van der Waals surface area (Å²) < 4.78 is 5.11. The Kier molecular flexibility index (Phi) is 3.72. The van der Waals surface area contributed by atoms with E-state index in [1.807, 2.05) is 25.1 Å². The zero-order valence-electron chi connectivity index (χ0n) is 10.2. The summed E-state index contributed by atoms with van der Waals surface area (Å²) in [6.45, 7) is 3.68. The maximum atomic E-state index is 12.0. The molecule has 1 atom stereocenters. The molecule has 1 N–H and O–H groups in total. The fourth-order valence-corrected chi connectivity index (χ4v) is 1.95. The Morgan fingerprint density at radius 1 is 1.39 bits per heavy atom. The molecule has 94 valence electrons. The van der Waals surface area contributed by atoms with Gasteiger partial charge in [-0.2, -0.15) is 0 Å². The lowest BCUT2D eigenvalue weighted by Crippen LogP contribution is -2.26. The van der Waals surface area contributed by atoms with Gasteiger partial charge in [-0.15, -0.1) is 0 Å². The Morgan fingerprint density at radius 2 is 2.17 bits per heavy atom. The van der Waals surface area contributed by atoms with Gasteiger partial charge in [0.25, 0.3) is 5.91 Å². The number of carbonyl (C=O) groups excluding carboxylic acids is 1. The maximum absolute atomic E-state index is 12.0. The van der Waals surface area contributed by atoms with Gasteiger partial charge in [-0.25, -0.2) is 0 Å². The average Bonchev–Trinajstić information content (AvgIpc) is 2.75. The Labute approximate surface area is 111 Å². The fraction of sp³-hybridized carbons (Fsp3) is 0.214. The van der Waals surface area contributed by atoms with Crippen LogP contribution in [0.5, 0.6) is 0 Å². The molecule has 0 aliphatic heterocycles. The van der Waals surface area contributed by atoms with E-state index < -0.39 is 0 Å². The van der Waals surface area contributed by atoms with E-state index in [-0.39, 0.29) is 11.9 Å². The minimum absolute atomic E-state index is 0.106. The van der Waals surface area contributed by atoms with Crippen LogP contribution in [-0.2, 0) is 0 Å². The molecule has 0 saturated heterocycles. The topological polar surface area (TPSA) is 42.2 Å². The second-order valence-electron chi connectivity index (χ2n) is 4.14. The van der Waals surface area contributed by atoms with Gasteiger partial charge in [0.15, 0.2) is 0 Å². The van der Waals surface area contributed by atoms with Gasteiger partial charge in [0.1, 0.15) is 5.76 Å². The zero-order valence-corrected chi connectivity index (χ0v) is 11.0. The molecule has 0 saturated carbocycles. The summed E-state index contributed by atoms with van der Waals surface area (Å²) in [5.74, 6) is 0.472. The number of hydrogen-bond acceptors (Lipinski definition) is 2. The van der Waals surface area contributed by atoms with Gasteiger partial charge in [0.2, 0.25) is 0 Å². The van der Waals surface area contributed by atoms with Crippen molar-refractivity contribution in [2.75, 3.05) is 0 Å². The summed E-state index contributed by atoms with van der Waals surface area (Å²) in [5.41, 5.74) is 1.53. The monoisotopic (exact) mass is 263 g/mol. The SMILES string of the molecule is Cc1occc1C(=O)N[C@H](C)c1cccc(Cl)c1. The number of amides is 1. The first-order valence-electron chi connectivity index (χ1n) is 5.68. The van der Waals surface area contributed by atoms with Crippen LogP contribution in [0.25, 0.3) is 0 Å². The van der Waals surface area contributed by atoms with E-state index in [0.29, 0.717) is 16.3 Å². The van der Waals surface area contributed by atoms with Crippen LogP contribution in [0.15, 0.2) is 41.0 Å². The van der Waals surface area contributed by atoms with E-state index in [4.69, 9.17) is 16.0 Å². The number of furan rings is 1. The Morgan fingerprint density at radius 3 is 2.78 bits per heavy atom. The van der Waals surface area contributed by atoms with Gasteiger partial charge in [-0.1, -0.05) is 23.7 Å². The van der Waals surface area contributed by atoms with Gasteiger partial charge >= 0.3 is 0 Å². The molecule has 0 spiro atoms. The smallest absolute Gasteiger partial charge is 0.255 e. The predicted molar refractivity (Wildman–Crippen MR) is 70.8 cm³/mol. The molecule has 3 nitrogen and oxygen atoms in total. The molecule has 0 aliphatic carbocycles. The standard InChI is InChI=1S/C14H14ClNO2/c1-9(11-4-3-5-12(15)8-11)16-14(17)13-6-7-18-10(13)2/h3-9H,1-2H3,(H,16,17)/t9-/m1/s1. The van der Waals surface area contributed by atoms with Crippen LogP contribution < -0.4 is 5.32 Å². The molecule has 0 bridgehead atoms. The Bertz CT molecular complexity index is 562. The molecule has 18 heavy (non-hydrogen) atoms. The predicted octanol–water partition coefficient (Wildman–Crippen LogP) is 3.73. The quantitative estimate of drug-likeness (QED) is 0.917. The highest BCUT2D eigenvalue weighted by Crippen LogP contribution is 2.18. The normalized spacial score (nSPS) is 12.2. The Hall–Kier alpha value is -1.74. The number of halogens is 1. The maximum Gasteiger partial charge on any atom is 0.255 e. The van der Waals surface area contributed by atoms with E-state index in [1.165, 1.54) is 6.26 Å². The minimum Gasteiger partial charge on any atom is -0.469 e. The first-order chi connectivity index (χ1) is 8.58. The molecule has 0 unspecified atom stereocenters. The van der Waals surface area contributed by atoms with Crippen LogP contribution in [0, 0.1) is 6.92 Å². The van der Waals surface area contributed by atoms with Crippen molar-refractivity contribution in [2.24, 2.45) is 0 Å². The molecular formula is C14H14ClNO2. The molecule has 0 aliphatic rings. The van der Waals surface area contributed by atoms with E-state index in [2.05, 4.69) is 5.32 Å². The molecule has 1 aromatic heterocycles. The summed E-state index contributed by atoms with van der Waals surface area (Å²) in [4.78, 5) is 12.0. The van der Waals surface area contributed by atoms with Gasteiger partial charge in [0, 0.05) is 5.02 Å².